The molecule has 10 heteroatoms. The SMILES string of the molecule is COC(=O)C1=C(N)N(c2cccc(F)c2)C2=C(C(=O)[C@H](C(=O)OC)[C@H](c3ccc(OC)cc3)C2)[C@@H]1c1ccc(F)cc1. The van der Waals surface area contributed by atoms with Crippen molar-refractivity contribution in [3.63, 3.8) is 0 Å². The topological polar surface area (TPSA) is 108 Å². The number of halogens is 2. The average Bonchev–Trinajstić information content (AvgIpc) is 3.00. The van der Waals surface area contributed by atoms with E-state index in [0.29, 0.717) is 22.6 Å². The summed E-state index contributed by atoms with van der Waals surface area (Å²) in [4.78, 5) is 42.5. The minimum Gasteiger partial charge on any atom is -0.497 e. The number of hydrogen-bond acceptors (Lipinski definition) is 8. The first-order valence-corrected chi connectivity index (χ1v) is 13.1. The molecule has 0 fully saturated rings. The molecule has 8 nitrogen and oxygen atoms in total. The van der Waals surface area contributed by atoms with Crippen LogP contribution in [0.15, 0.2) is 95.5 Å². The van der Waals surface area contributed by atoms with Crippen molar-refractivity contribution in [2.45, 2.75) is 18.3 Å². The Morgan fingerprint density at radius 3 is 2.14 bits per heavy atom. The smallest absolute Gasteiger partial charge is 0.338 e. The molecule has 5 rings (SSSR count). The number of Topliss-reactive ketones (excluding diaryl/α,β-unsaturated/α-hetero) is 1. The maximum atomic E-state index is 14.6. The Balaban J connectivity index is 1.81. The highest BCUT2D eigenvalue weighted by atomic mass is 19.1. The molecule has 0 unspecified atom stereocenters. The minimum absolute atomic E-state index is 0.0839. The lowest BCUT2D eigenvalue weighted by atomic mass is 9.67. The van der Waals surface area contributed by atoms with Crippen LogP contribution in [0.2, 0.25) is 0 Å². The Kier molecular flexibility index (Phi) is 7.80. The fourth-order valence-electron chi connectivity index (χ4n) is 5.80. The number of hydrogen-bond donors (Lipinski definition) is 1. The molecular formula is C32H28F2N2O6. The molecule has 216 valence electrons. The molecular weight excluding hydrogens is 546 g/mol. The number of carbonyl (C=O) groups excluding carboxylic acids is 3. The monoisotopic (exact) mass is 574 g/mol. The first-order chi connectivity index (χ1) is 20.2. The van der Waals surface area contributed by atoms with E-state index < -0.39 is 47.1 Å². The molecule has 0 saturated heterocycles. The number of nitrogens with two attached hydrogens (primary N) is 1. The summed E-state index contributed by atoms with van der Waals surface area (Å²) >= 11 is 0. The molecule has 0 saturated carbocycles. The van der Waals surface area contributed by atoms with Crippen LogP contribution in [0, 0.1) is 17.6 Å². The molecule has 2 aliphatic rings. The largest absolute Gasteiger partial charge is 0.497 e. The number of benzene rings is 3. The quantitative estimate of drug-likeness (QED) is 0.333. The molecule has 1 aliphatic carbocycles. The van der Waals surface area contributed by atoms with Gasteiger partial charge in [0.05, 0.1) is 38.5 Å². The number of allylic oxidation sites excluding steroid dienone is 2. The summed E-state index contributed by atoms with van der Waals surface area (Å²) in [6, 6.07) is 17.8. The molecule has 1 heterocycles. The number of esters is 2. The Labute approximate surface area is 241 Å². The van der Waals surface area contributed by atoms with Gasteiger partial charge in [0.1, 0.15) is 29.1 Å². The van der Waals surface area contributed by atoms with Gasteiger partial charge in [-0.15, -0.1) is 0 Å². The lowest BCUT2D eigenvalue weighted by Crippen LogP contribution is -2.46. The third-order valence-electron chi connectivity index (χ3n) is 7.71. The lowest BCUT2D eigenvalue weighted by molar-refractivity contribution is -0.150. The van der Waals surface area contributed by atoms with Crippen LogP contribution in [0.5, 0.6) is 5.75 Å². The molecule has 0 aromatic heterocycles. The summed E-state index contributed by atoms with van der Waals surface area (Å²) in [6.07, 6.45) is 0.0938. The molecule has 3 aromatic carbocycles. The third kappa shape index (κ3) is 4.89. The highest BCUT2D eigenvalue weighted by Gasteiger charge is 2.51. The van der Waals surface area contributed by atoms with E-state index in [-0.39, 0.29) is 29.1 Å². The van der Waals surface area contributed by atoms with Crippen LogP contribution in [0.3, 0.4) is 0 Å². The van der Waals surface area contributed by atoms with Crippen LogP contribution >= 0.6 is 0 Å². The van der Waals surface area contributed by atoms with Gasteiger partial charge in [0, 0.05) is 17.2 Å². The normalized spacial score (nSPS) is 20.3. The number of anilines is 1. The van der Waals surface area contributed by atoms with Crippen molar-refractivity contribution < 1.29 is 37.4 Å². The second-order valence-corrected chi connectivity index (χ2v) is 9.90. The van der Waals surface area contributed by atoms with Crippen LogP contribution in [0.1, 0.15) is 29.4 Å². The highest BCUT2D eigenvalue weighted by molar-refractivity contribution is 6.14. The van der Waals surface area contributed by atoms with Gasteiger partial charge in [-0.25, -0.2) is 13.6 Å². The number of nitrogens with zero attached hydrogens (tertiary/aromatic N) is 1. The molecule has 42 heavy (non-hydrogen) atoms. The predicted molar refractivity (Wildman–Crippen MR) is 149 cm³/mol. The van der Waals surface area contributed by atoms with Crippen molar-refractivity contribution in [1.82, 2.24) is 0 Å². The van der Waals surface area contributed by atoms with E-state index in [4.69, 9.17) is 19.9 Å². The number of carbonyl (C=O) groups is 3. The van der Waals surface area contributed by atoms with Gasteiger partial charge >= 0.3 is 11.9 Å². The molecule has 0 spiro atoms. The van der Waals surface area contributed by atoms with E-state index in [1.165, 1.54) is 68.7 Å². The molecule has 1 aliphatic heterocycles. The van der Waals surface area contributed by atoms with Gasteiger partial charge in [-0.3, -0.25) is 14.5 Å². The van der Waals surface area contributed by atoms with Crippen molar-refractivity contribution in [2.75, 3.05) is 26.2 Å². The van der Waals surface area contributed by atoms with E-state index in [1.54, 1.807) is 30.3 Å². The van der Waals surface area contributed by atoms with Gasteiger partial charge in [-0.2, -0.15) is 0 Å². The van der Waals surface area contributed by atoms with Crippen molar-refractivity contribution in [2.24, 2.45) is 11.7 Å². The molecule has 3 aromatic rings. The van der Waals surface area contributed by atoms with Gasteiger partial charge < -0.3 is 19.9 Å². The second-order valence-electron chi connectivity index (χ2n) is 9.90. The van der Waals surface area contributed by atoms with Crippen molar-refractivity contribution >= 4 is 23.4 Å². The summed E-state index contributed by atoms with van der Waals surface area (Å²) in [5, 5.41) is 0. The van der Waals surface area contributed by atoms with Crippen LogP contribution in [-0.2, 0) is 23.9 Å². The molecule has 2 N–H and O–H groups in total. The molecule has 0 amide bonds. The van der Waals surface area contributed by atoms with Crippen LogP contribution in [0.25, 0.3) is 0 Å². The van der Waals surface area contributed by atoms with Crippen LogP contribution < -0.4 is 15.4 Å². The molecule has 3 atom stereocenters. The number of ketones is 1. The highest BCUT2D eigenvalue weighted by Crippen LogP contribution is 2.51. The Morgan fingerprint density at radius 1 is 0.881 bits per heavy atom. The zero-order valence-corrected chi connectivity index (χ0v) is 23.1. The third-order valence-corrected chi connectivity index (χ3v) is 7.71. The van der Waals surface area contributed by atoms with Gasteiger partial charge in [-0.1, -0.05) is 30.3 Å². The van der Waals surface area contributed by atoms with E-state index >= 15 is 0 Å². The number of methoxy groups -OCH3 is 3. The summed E-state index contributed by atoms with van der Waals surface area (Å²) in [7, 11) is 3.89. The summed E-state index contributed by atoms with van der Waals surface area (Å²) in [6.45, 7) is 0. The maximum absolute atomic E-state index is 14.6. The first kappa shape index (κ1) is 28.5. The first-order valence-electron chi connectivity index (χ1n) is 13.1. The maximum Gasteiger partial charge on any atom is 0.338 e. The van der Waals surface area contributed by atoms with Crippen LogP contribution in [-0.4, -0.2) is 39.1 Å². The van der Waals surface area contributed by atoms with Gasteiger partial charge in [0.2, 0.25) is 0 Å². The van der Waals surface area contributed by atoms with Crippen LogP contribution in [0.4, 0.5) is 14.5 Å². The van der Waals surface area contributed by atoms with E-state index in [1.807, 2.05) is 0 Å². The average molecular weight is 575 g/mol. The standard InChI is InChI=1S/C32H28F2N2O6/c1-40-22-13-9-17(10-14-22)23-16-24-27(29(37)26(23)31(38)41-2)25(18-7-11-19(33)12-8-18)28(32(39)42-3)30(35)36(24)21-6-4-5-20(34)15-21/h4-15,23,25-26H,16,35H2,1-3H3/t23-,25-,26+/m0/s1. The van der Waals surface area contributed by atoms with E-state index in [0.717, 1.165) is 0 Å². The predicted octanol–water partition coefficient (Wildman–Crippen LogP) is 4.72. The number of ether oxygens (including phenoxy) is 3. The second kappa shape index (κ2) is 11.5. The zero-order valence-electron chi connectivity index (χ0n) is 23.1. The Bertz CT molecular complexity index is 1610. The minimum atomic E-state index is -1.28. The zero-order chi connectivity index (χ0) is 30.1. The molecule has 0 radical (unpaired) electrons. The van der Waals surface area contributed by atoms with Crippen molar-refractivity contribution in [1.29, 1.82) is 0 Å². The van der Waals surface area contributed by atoms with E-state index in [9.17, 15) is 23.2 Å². The summed E-state index contributed by atoms with van der Waals surface area (Å²) < 4.78 is 43.9. The fraction of sp³-hybridized carbons (Fsp3) is 0.219. The molecule has 0 bridgehead atoms. The fourth-order valence-corrected chi connectivity index (χ4v) is 5.80. The Morgan fingerprint density at radius 2 is 1.55 bits per heavy atom. The summed E-state index contributed by atoms with van der Waals surface area (Å²) in [5.41, 5.74) is 8.33. The number of rotatable bonds is 6. The Hall–Kier alpha value is -4.99. The van der Waals surface area contributed by atoms with Gasteiger partial charge in [-0.05, 0) is 60.0 Å². The van der Waals surface area contributed by atoms with Crippen molar-refractivity contribution in [3.05, 3.63) is 118 Å². The van der Waals surface area contributed by atoms with Gasteiger partial charge in [0.15, 0.2) is 5.78 Å². The van der Waals surface area contributed by atoms with Gasteiger partial charge in [0.25, 0.3) is 0 Å². The lowest BCUT2D eigenvalue weighted by Gasteiger charge is -2.44. The van der Waals surface area contributed by atoms with E-state index in [2.05, 4.69) is 0 Å². The summed E-state index contributed by atoms with van der Waals surface area (Å²) in [5.74, 6) is -5.88. The van der Waals surface area contributed by atoms with Crippen molar-refractivity contribution in [3.8, 4) is 5.75 Å².